The Bertz CT molecular complexity index is 170. The molecule has 5 heteroatoms. The van der Waals surface area contributed by atoms with E-state index in [1.807, 2.05) is 0 Å². The summed E-state index contributed by atoms with van der Waals surface area (Å²) in [5.41, 5.74) is 0. The third-order valence-electron chi connectivity index (χ3n) is 1.14. The van der Waals surface area contributed by atoms with Crippen LogP contribution in [0.15, 0.2) is 0 Å². The zero-order valence-corrected chi connectivity index (χ0v) is 5.19. The van der Waals surface area contributed by atoms with Gasteiger partial charge in [-0.3, -0.25) is 4.55 Å². The van der Waals surface area contributed by atoms with E-state index in [2.05, 4.69) is 0 Å². The van der Waals surface area contributed by atoms with Gasteiger partial charge in [-0.15, -0.1) is 0 Å². The molecule has 0 aromatic carbocycles. The van der Waals surface area contributed by atoms with Crippen LogP contribution in [0.2, 0.25) is 0 Å². The Kier molecular flexibility index (Phi) is 3.68. The minimum atomic E-state index is -3.66. The summed E-state index contributed by atoms with van der Waals surface area (Å²) in [7, 11) is -3.66. The molecule has 1 aliphatic carbocycles. The number of hydrogen-bond donors (Lipinski definition) is 1. The van der Waals surface area contributed by atoms with Gasteiger partial charge in [-0.25, -0.2) is 0 Å². The molecular formula is C4H9NaO3S. The van der Waals surface area contributed by atoms with Gasteiger partial charge in [-0.05, 0) is 18.8 Å². The van der Waals surface area contributed by atoms with Crippen molar-refractivity contribution in [2.24, 2.45) is 5.92 Å². The van der Waals surface area contributed by atoms with E-state index in [1.165, 1.54) is 0 Å². The Morgan fingerprint density at radius 2 is 1.89 bits per heavy atom. The van der Waals surface area contributed by atoms with Crippen molar-refractivity contribution < 1.29 is 13.0 Å². The average Bonchev–Trinajstić information content (AvgIpc) is 2.12. The number of hydrogen-bond acceptors (Lipinski definition) is 2. The fourth-order valence-electron chi connectivity index (χ4n) is 0.582. The topological polar surface area (TPSA) is 54.4 Å². The molecule has 0 aromatic rings. The molecule has 0 unspecified atom stereocenters. The number of rotatable bonds is 2. The molecule has 9 heavy (non-hydrogen) atoms. The zero-order valence-electron chi connectivity index (χ0n) is 4.37. The van der Waals surface area contributed by atoms with Crippen molar-refractivity contribution in [3.63, 3.8) is 0 Å². The van der Waals surface area contributed by atoms with Gasteiger partial charge in [-0.1, -0.05) is 0 Å². The van der Waals surface area contributed by atoms with E-state index < -0.39 is 10.1 Å². The summed E-state index contributed by atoms with van der Waals surface area (Å²) < 4.78 is 28.3. The molecule has 1 fully saturated rings. The summed E-state index contributed by atoms with van der Waals surface area (Å²) >= 11 is 0. The van der Waals surface area contributed by atoms with Gasteiger partial charge in [0.05, 0.1) is 5.75 Å². The molecule has 0 aromatic heterocycles. The van der Waals surface area contributed by atoms with Crippen LogP contribution in [-0.4, -0.2) is 48.3 Å². The van der Waals surface area contributed by atoms with Crippen LogP contribution in [0, 0.1) is 5.92 Å². The van der Waals surface area contributed by atoms with Crippen LogP contribution in [0.5, 0.6) is 0 Å². The molecule has 3 nitrogen and oxygen atoms in total. The van der Waals surface area contributed by atoms with Gasteiger partial charge in [0.25, 0.3) is 10.1 Å². The van der Waals surface area contributed by atoms with Gasteiger partial charge in [-0.2, -0.15) is 8.42 Å². The second-order valence-corrected chi connectivity index (χ2v) is 3.69. The molecule has 0 heterocycles. The van der Waals surface area contributed by atoms with Crippen LogP contribution in [0.3, 0.4) is 0 Å². The first-order valence-corrected chi connectivity index (χ1v) is 4.14. The minimum absolute atomic E-state index is 0. The van der Waals surface area contributed by atoms with E-state index in [4.69, 9.17) is 4.55 Å². The zero-order chi connectivity index (χ0) is 6.20. The van der Waals surface area contributed by atoms with Crippen LogP contribution in [-0.2, 0) is 10.1 Å². The molecule has 1 N–H and O–H groups in total. The first-order valence-electron chi connectivity index (χ1n) is 2.53. The molecule has 0 aliphatic heterocycles. The first-order chi connectivity index (χ1) is 3.58. The Balaban J connectivity index is 0.000000640. The fourth-order valence-corrected chi connectivity index (χ4v) is 1.51. The van der Waals surface area contributed by atoms with Crippen molar-refractivity contribution in [2.75, 3.05) is 5.75 Å². The van der Waals surface area contributed by atoms with Gasteiger partial charge in [0.2, 0.25) is 0 Å². The van der Waals surface area contributed by atoms with Crippen molar-refractivity contribution in [3.05, 3.63) is 0 Å². The molecular weight excluding hydrogens is 151 g/mol. The monoisotopic (exact) mass is 160 g/mol. The Morgan fingerprint density at radius 3 is 2.00 bits per heavy atom. The maximum absolute atomic E-state index is 10.0. The molecule has 0 radical (unpaired) electrons. The van der Waals surface area contributed by atoms with Crippen LogP contribution < -0.4 is 0 Å². The molecule has 0 bridgehead atoms. The molecule has 1 saturated carbocycles. The summed E-state index contributed by atoms with van der Waals surface area (Å²) in [4.78, 5) is 0. The summed E-state index contributed by atoms with van der Waals surface area (Å²) in [6.07, 6.45) is 1.92. The van der Waals surface area contributed by atoms with E-state index in [-0.39, 0.29) is 41.2 Å². The Morgan fingerprint density at radius 1 is 1.44 bits per heavy atom. The van der Waals surface area contributed by atoms with Crippen molar-refractivity contribution in [1.82, 2.24) is 0 Å². The van der Waals surface area contributed by atoms with Crippen LogP contribution in [0.25, 0.3) is 0 Å². The second-order valence-electron chi connectivity index (χ2n) is 2.19. The Hall–Kier alpha value is 0.910. The van der Waals surface area contributed by atoms with Crippen molar-refractivity contribution >= 4 is 39.7 Å². The van der Waals surface area contributed by atoms with Gasteiger partial charge < -0.3 is 0 Å². The molecule has 0 amide bonds. The summed E-state index contributed by atoms with van der Waals surface area (Å²) in [5.74, 6) is 0.220. The standard InChI is InChI=1S/C4H8O3S.Na.H/c5-8(6,7)3-4-1-2-4;;/h4H,1-3H2,(H,5,6,7);;. The predicted octanol–water partition coefficient (Wildman–Crippen LogP) is -0.364. The molecule has 0 atom stereocenters. The van der Waals surface area contributed by atoms with Gasteiger partial charge in [0.15, 0.2) is 0 Å². The summed E-state index contributed by atoms with van der Waals surface area (Å²) in [6.45, 7) is 0. The van der Waals surface area contributed by atoms with Gasteiger partial charge in [0, 0.05) is 0 Å². The average molecular weight is 160 g/mol. The van der Waals surface area contributed by atoms with E-state index in [9.17, 15) is 8.42 Å². The van der Waals surface area contributed by atoms with Gasteiger partial charge >= 0.3 is 29.6 Å². The second kappa shape index (κ2) is 3.34. The normalized spacial score (nSPS) is 18.8. The maximum atomic E-state index is 10.0. The van der Waals surface area contributed by atoms with Crippen molar-refractivity contribution in [1.29, 1.82) is 0 Å². The molecule has 0 saturated heterocycles. The van der Waals surface area contributed by atoms with Crippen LogP contribution in [0.1, 0.15) is 12.8 Å². The molecule has 50 valence electrons. The van der Waals surface area contributed by atoms with E-state index in [0.717, 1.165) is 12.8 Å². The Labute approximate surface area is 76.9 Å². The van der Waals surface area contributed by atoms with Crippen LogP contribution in [0.4, 0.5) is 0 Å². The van der Waals surface area contributed by atoms with Crippen molar-refractivity contribution in [3.8, 4) is 0 Å². The summed E-state index contributed by atoms with van der Waals surface area (Å²) in [5, 5.41) is 0. The predicted molar refractivity (Wildman–Crippen MR) is 36.3 cm³/mol. The molecule has 1 aliphatic rings. The molecule has 1 rings (SSSR count). The van der Waals surface area contributed by atoms with E-state index >= 15 is 0 Å². The SMILES string of the molecule is O=S(=O)(O)CC1CC1.[NaH]. The van der Waals surface area contributed by atoms with Gasteiger partial charge in [0.1, 0.15) is 0 Å². The van der Waals surface area contributed by atoms with Crippen LogP contribution >= 0.6 is 0 Å². The van der Waals surface area contributed by atoms with Crippen molar-refractivity contribution in [2.45, 2.75) is 12.8 Å². The van der Waals surface area contributed by atoms with E-state index in [0.29, 0.717) is 0 Å². The first kappa shape index (κ1) is 9.91. The molecule has 0 spiro atoms. The fraction of sp³-hybridized carbons (Fsp3) is 1.00. The third kappa shape index (κ3) is 5.36. The quantitative estimate of drug-likeness (QED) is 0.443. The third-order valence-corrected chi connectivity index (χ3v) is 2.04. The van der Waals surface area contributed by atoms with E-state index in [1.54, 1.807) is 0 Å². The summed E-state index contributed by atoms with van der Waals surface area (Å²) in [6, 6.07) is 0.